The summed E-state index contributed by atoms with van der Waals surface area (Å²) in [5, 5.41) is 6.55. The zero-order chi connectivity index (χ0) is 18.6. The van der Waals surface area contributed by atoms with E-state index in [1.165, 1.54) is 6.07 Å². The first-order valence-electron chi connectivity index (χ1n) is 8.45. The number of benzene rings is 1. The normalized spacial score (nSPS) is 18.1. The van der Waals surface area contributed by atoms with Crippen molar-refractivity contribution in [2.75, 3.05) is 19.7 Å². The van der Waals surface area contributed by atoms with Crippen LogP contribution in [0.3, 0.4) is 0 Å². The van der Waals surface area contributed by atoms with Gasteiger partial charge >= 0.3 is 6.18 Å². The van der Waals surface area contributed by atoms with Crippen molar-refractivity contribution in [3.05, 3.63) is 53.3 Å². The molecule has 5 nitrogen and oxygen atoms in total. The molecule has 1 unspecified atom stereocenters. The van der Waals surface area contributed by atoms with E-state index in [-0.39, 0.29) is 12.0 Å². The molecule has 1 atom stereocenters. The van der Waals surface area contributed by atoms with Crippen LogP contribution in [0.5, 0.6) is 0 Å². The van der Waals surface area contributed by atoms with Gasteiger partial charge in [0.2, 0.25) is 5.91 Å². The highest BCUT2D eigenvalue weighted by Gasteiger charge is 2.31. The Bertz CT molecular complexity index is 732. The number of carbonyl (C=O) groups is 1. The minimum atomic E-state index is -4.36. The Morgan fingerprint density at radius 2 is 2.19 bits per heavy atom. The maximum atomic E-state index is 12.8. The van der Waals surface area contributed by atoms with Gasteiger partial charge in [-0.05, 0) is 23.6 Å². The molecule has 1 N–H and O–H groups in total. The second-order valence-electron chi connectivity index (χ2n) is 6.34. The van der Waals surface area contributed by atoms with Crippen LogP contribution in [0.1, 0.15) is 23.1 Å². The molecule has 1 saturated heterocycles. The van der Waals surface area contributed by atoms with Gasteiger partial charge < -0.3 is 9.64 Å². The number of nitrogens with one attached hydrogen (secondary N) is 1. The van der Waals surface area contributed by atoms with E-state index < -0.39 is 11.7 Å². The van der Waals surface area contributed by atoms with Crippen LogP contribution < -0.4 is 0 Å². The van der Waals surface area contributed by atoms with Crippen LogP contribution >= 0.6 is 0 Å². The number of morpholine rings is 1. The zero-order valence-electron chi connectivity index (χ0n) is 14.1. The Morgan fingerprint density at radius 1 is 1.35 bits per heavy atom. The Hall–Kier alpha value is -2.35. The smallest absolute Gasteiger partial charge is 0.374 e. The van der Waals surface area contributed by atoms with Crippen LogP contribution in [-0.4, -0.2) is 46.8 Å². The molecule has 0 radical (unpaired) electrons. The maximum absolute atomic E-state index is 12.8. The number of ether oxygens (including phenoxy) is 1. The number of aromatic amines is 1. The van der Waals surface area contributed by atoms with E-state index in [0.717, 1.165) is 17.7 Å². The van der Waals surface area contributed by atoms with E-state index in [1.54, 1.807) is 23.4 Å². The monoisotopic (exact) mass is 367 g/mol. The number of aromatic nitrogens is 2. The first-order valence-corrected chi connectivity index (χ1v) is 8.45. The minimum absolute atomic E-state index is 0.0172. The largest absolute Gasteiger partial charge is 0.416 e. The van der Waals surface area contributed by atoms with E-state index in [0.29, 0.717) is 44.5 Å². The molecule has 2 heterocycles. The Kier molecular flexibility index (Phi) is 5.61. The lowest BCUT2D eigenvalue weighted by Gasteiger charge is -2.33. The average molecular weight is 367 g/mol. The number of alkyl halides is 3. The Balaban J connectivity index is 1.55. The fraction of sp³-hybridized carbons (Fsp3) is 0.444. The van der Waals surface area contributed by atoms with E-state index in [4.69, 9.17) is 4.74 Å². The van der Waals surface area contributed by atoms with Crippen LogP contribution in [0.25, 0.3) is 0 Å². The van der Waals surface area contributed by atoms with E-state index in [9.17, 15) is 18.0 Å². The molecule has 0 saturated carbocycles. The van der Waals surface area contributed by atoms with Crippen LogP contribution in [0.4, 0.5) is 13.2 Å². The molecule has 1 aliphatic rings. The van der Waals surface area contributed by atoms with Gasteiger partial charge in [0, 0.05) is 32.1 Å². The van der Waals surface area contributed by atoms with E-state index in [2.05, 4.69) is 10.2 Å². The number of amides is 1. The standard InChI is InChI=1S/C18H20F3N3O2/c19-18(20,21)15-3-1-2-13(8-15)9-16-12-24(6-7-26-16)17(25)5-4-14-10-22-23-11-14/h1-3,8,10-11,16H,4-7,9,12H2,(H,22,23). The number of hydrogen-bond donors (Lipinski definition) is 1. The van der Waals surface area contributed by atoms with Gasteiger partial charge in [0.05, 0.1) is 24.5 Å². The zero-order valence-corrected chi connectivity index (χ0v) is 14.1. The van der Waals surface area contributed by atoms with Gasteiger partial charge in [0.25, 0.3) is 0 Å². The number of nitrogens with zero attached hydrogens (tertiary/aromatic N) is 2. The molecule has 1 aromatic carbocycles. The highest BCUT2D eigenvalue weighted by Crippen LogP contribution is 2.30. The summed E-state index contributed by atoms with van der Waals surface area (Å²) in [6.45, 7) is 1.28. The van der Waals surface area contributed by atoms with Crippen LogP contribution in [0.15, 0.2) is 36.7 Å². The third-order valence-corrected chi connectivity index (χ3v) is 4.39. The molecule has 1 aliphatic heterocycles. The summed E-state index contributed by atoms with van der Waals surface area (Å²) < 4.78 is 44.1. The van der Waals surface area contributed by atoms with Crippen LogP contribution in [0.2, 0.25) is 0 Å². The summed E-state index contributed by atoms with van der Waals surface area (Å²) in [5.74, 6) is 0.0172. The second kappa shape index (κ2) is 7.90. The Morgan fingerprint density at radius 3 is 2.92 bits per heavy atom. The number of halogens is 3. The Labute approximate surface area is 149 Å². The first-order chi connectivity index (χ1) is 12.4. The average Bonchev–Trinajstić information content (AvgIpc) is 3.13. The van der Waals surface area contributed by atoms with Gasteiger partial charge in [-0.3, -0.25) is 9.89 Å². The van der Waals surface area contributed by atoms with Crippen molar-refractivity contribution in [2.24, 2.45) is 0 Å². The fourth-order valence-electron chi connectivity index (χ4n) is 3.03. The summed E-state index contributed by atoms with van der Waals surface area (Å²) >= 11 is 0. The summed E-state index contributed by atoms with van der Waals surface area (Å²) in [6, 6.07) is 5.24. The molecule has 1 aromatic heterocycles. The highest BCUT2D eigenvalue weighted by atomic mass is 19.4. The molecule has 0 bridgehead atoms. The van der Waals surface area contributed by atoms with Crippen LogP contribution in [0, 0.1) is 0 Å². The molecular weight excluding hydrogens is 347 g/mol. The topological polar surface area (TPSA) is 58.2 Å². The molecular formula is C18H20F3N3O2. The molecule has 140 valence electrons. The summed E-state index contributed by atoms with van der Waals surface area (Å²) in [7, 11) is 0. The van der Waals surface area contributed by atoms with Gasteiger partial charge in [-0.1, -0.05) is 18.2 Å². The lowest BCUT2D eigenvalue weighted by molar-refractivity contribution is -0.138. The molecule has 1 amide bonds. The van der Waals surface area contributed by atoms with Gasteiger partial charge in [-0.2, -0.15) is 18.3 Å². The molecule has 8 heteroatoms. The SMILES string of the molecule is O=C(CCc1cn[nH]c1)N1CCOC(Cc2cccc(C(F)(F)F)c2)C1. The molecule has 0 spiro atoms. The van der Waals surface area contributed by atoms with Gasteiger partial charge in [-0.15, -0.1) is 0 Å². The predicted molar refractivity (Wildman–Crippen MR) is 88.4 cm³/mol. The number of carbonyl (C=O) groups excluding carboxylic acids is 1. The summed E-state index contributed by atoms with van der Waals surface area (Å²) in [5.41, 5.74) is 0.850. The van der Waals surface area contributed by atoms with E-state index >= 15 is 0 Å². The van der Waals surface area contributed by atoms with Gasteiger partial charge in [0.1, 0.15) is 0 Å². The fourth-order valence-corrected chi connectivity index (χ4v) is 3.03. The molecule has 0 aliphatic carbocycles. The van der Waals surface area contributed by atoms with Crippen LogP contribution in [-0.2, 0) is 28.5 Å². The number of H-pyrrole nitrogens is 1. The molecule has 2 aromatic rings. The second-order valence-corrected chi connectivity index (χ2v) is 6.34. The summed E-state index contributed by atoms with van der Waals surface area (Å²) in [4.78, 5) is 14.1. The van der Waals surface area contributed by atoms with E-state index in [1.807, 2.05) is 0 Å². The van der Waals surface area contributed by atoms with Crippen molar-refractivity contribution in [1.82, 2.24) is 15.1 Å². The quantitative estimate of drug-likeness (QED) is 0.884. The van der Waals surface area contributed by atoms with Crippen molar-refractivity contribution in [1.29, 1.82) is 0 Å². The van der Waals surface area contributed by atoms with Crippen molar-refractivity contribution in [3.8, 4) is 0 Å². The molecule has 3 rings (SSSR count). The third-order valence-electron chi connectivity index (χ3n) is 4.39. The highest BCUT2D eigenvalue weighted by molar-refractivity contribution is 5.76. The van der Waals surface area contributed by atoms with Gasteiger partial charge in [-0.25, -0.2) is 0 Å². The first kappa shape index (κ1) is 18.4. The van der Waals surface area contributed by atoms with Crippen molar-refractivity contribution in [3.63, 3.8) is 0 Å². The third kappa shape index (κ3) is 4.85. The van der Waals surface area contributed by atoms with Crippen molar-refractivity contribution < 1.29 is 22.7 Å². The number of aryl methyl sites for hydroxylation is 1. The summed E-state index contributed by atoms with van der Waals surface area (Å²) in [6.07, 6.45) is 0.0889. The maximum Gasteiger partial charge on any atom is 0.416 e. The minimum Gasteiger partial charge on any atom is -0.374 e. The van der Waals surface area contributed by atoms with Crippen molar-refractivity contribution >= 4 is 5.91 Å². The lowest BCUT2D eigenvalue weighted by Crippen LogP contribution is -2.46. The van der Waals surface area contributed by atoms with Crippen molar-refractivity contribution in [2.45, 2.75) is 31.5 Å². The lowest BCUT2D eigenvalue weighted by atomic mass is 10.0. The molecule has 26 heavy (non-hydrogen) atoms. The van der Waals surface area contributed by atoms with Gasteiger partial charge in [0.15, 0.2) is 0 Å². The molecule has 1 fully saturated rings. The number of rotatable bonds is 5. The predicted octanol–water partition coefficient (Wildman–Crippen LogP) is 2.83. The number of hydrogen-bond acceptors (Lipinski definition) is 3.